The maximum atomic E-state index is 11.7. The summed E-state index contributed by atoms with van der Waals surface area (Å²) in [6.07, 6.45) is 1.22. The molecule has 0 spiro atoms. The van der Waals surface area contributed by atoms with Crippen LogP contribution in [0.5, 0.6) is 0 Å². The van der Waals surface area contributed by atoms with Crippen molar-refractivity contribution in [1.82, 2.24) is 4.90 Å². The third-order valence-corrected chi connectivity index (χ3v) is 2.43. The zero-order valence-electron chi connectivity index (χ0n) is 10.6. The summed E-state index contributed by atoms with van der Waals surface area (Å²) in [6.45, 7) is 4.32. The minimum absolute atomic E-state index is 0. The summed E-state index contributed by atoms with van der Waals surface area (Å²) in [5.41, 5.74) is 5.61. The maximum Gasteiger partial charge on any atom is 0.222 e. The van der Waals surface area contributed by atoms with Crippen LogP contribution >= 0.6 is 12.4 Å². The Hall–Kier alpha value is -1.00. The lowest BCUT2D eigenvalue weighted by atomic mass is 10.2. The van der Waals surface area contributed by atoms with Crippen LogP contribution in [0, 0.1) is 6.92 Å². The van der Waals surface area contributed by atoms with E-state index in [4.69, 9.17) is 10.2 Å². The Morgan fingerprint density at radius 2 is 2.18 bits per heavy atom. The van der Waals surface area contributed by atoms with E-state index in [-0.39, 0.29) is 24.4 Å². The average Bonchev–Trinajstić information content (AvgIpc) is 2.60. The highest BCUT2D eigenvalue weighted by Gasteiger charge is 2.11. The molecule has 0 saturated carbocycles. The number of hydrogen-bond donors (Lipinski definition) is 1. The quantitative estimate of drug-likeness (QED) is 0.882. The predicted octanol–water partition coefficient (Wildman–Crippen LogP) is 2.10. The molecule has 0 radical (unpaired) electrons. The molecule has 1 rings (SSSR count). The first-order valence-corrected chi connectivity index (χ1v) is 5.54. The highest BCUT2D eigenvalue weighted by molar-refractivity contribution is 5.85. The third-order valence-electron chi connectivity index (χ3n) is 2.43. The van der Waals surface area contributed by atoms with Crippen molar-refractivity contribution in [2.75, 3.05) is 7.05 Å². The van der Waals surface area contributed by atoms with E-state index in [1.54, 1.807) is 11.9 Å². The van der Waals surface area contributed by atoms with Crippen molar-refractivity contribution in [2.24, 2.45) is 5.73 Å². The number of aryl methyl sites for hydroxylation is 1. The fourth-order valence-corrected chi connectivity index (χ4v) is 1.43. The van der Waals surface area contributed by atoms with Gasteiger partial charge in [0.15, 0.2) is 0 Å². The van der Waals surface area contributed by atoms with E-state index in [2.05, 4.69) is 0 Å². The van der Waals surface area contributed by atoms with Crippen molar-refractivity contribution in [3.8, 4) is 0 Å². The van der Waals surface area contributed by atoms with Gasteiger partial charge in [0, 0.05) is 19.5 Å². The van der Waals surface area contributed by atoms with Crippen LogP contribution in [0.15, 0.2) is 16.5 Å². The first-order valence-electron chi connectivity index (χ1n) is 5.54. The molecular weight excluding hydrogens is 240 g/mol. The van der Waals surface area contributed by atoms with Gasteiger partial charge in [-0.3, -0.25) is 4.79 Å². The molecule has 1 amide bonds. The van der Waals surface area contributed by atoms with Crippen molar-refractivity contribution in [2.45, 2.75) is 39.3 Å². The molecule has 1 aromatic rings. The molecule has 1 atom stereocenters. The van der Waals surface area contributed by atoms with Crippen LogP contribution in [-0.2, 0) is 11.3 Å². The van der Waals surface area contributed by atoms with Gasteiger partial charge in [-0.15, -0.1) is 12.4 Å². The summed E-state index contributed by atoms with van der Waals surface area (Å²) in [6, 6.07) is 3.86. The van der Waals surface area contributed by atoms with Gasteiger partial charge >= 0.3 is 0 Å². The molecule has 1 aromatic heterocycles. The number of carbonyl (C=O) groups is 1. The van der Waals surface area contributed by atoms with Crippen molar-refractivity contribution >= 4 is 18.3 Å². The van der Waals surface area contributed by atoms with Crippen molar-refractivity contribution < 1.29 is 9.21 Å². The molecule has 0 aliphatic heterocycles. The Morgan fingerprint density at radius 3 is 2.65 bits per heavy atom. The van der Waals surface area contributed by atoms with Crippen LogP contribution in [0.25, 0.3) is 0 Å². The Balaban J connectivity index is 0.00000256. The summed E-state index contributed by atoms with van der Waals surface area (Å²) < 4.78 is 5.41. The Labute approximate surface area is 109 Å². The molecule has 0 aliphatic rings. The van der Waals surface area contributed by atoms with Gasteiger partial charge in [0.25, 0.3) is 0 Å². The topological polar surface area (TPSA) is 59.5 Å². The van der Waals surface area contributed by atoms with Crippen LogP contribution in [0.3, 0.4) is 0 Å². The first-order chi connectivity index (χ1) is 7.49. The Bertz CT molecular complexity index is 350. The summed E-state index contributed by atoms with van der Waals surface area (Å²) in [4.78, 5) is 13.4. The highest BCUT2D eigenvalue weighted by atomic mass is 35.5. The van der Waals surface area contributed by atoms with Crippen molar-refractivity contribution in [1.29, 1.82) is 0 Å². The second-order valence-corrected chi connectivity index (χ2v) is 4.28. The summed E-state index contributed by atoms with van der Waals surface area (Å²) in [7, 11) is 1.78. The molecule has 0 saturated heterocycles. The number of furan rings is 1. The molecular formula is C12H21ClN2O2. The van der Waals surface area contributed by atoms with Crippen molar-refractivity contribution in [3.63, 3.8) is 0 Å². The van der Waals surface area contributed by atoms with Gasteiger partial charge in [-0.1, -0.05) is 0 Å². The minimum atomic E-state index is 0. The number of amides is 1. The standard InChI is InChI=1S/C12H20N2O2.ClH/c1-9(13)4-7-12(15)14(3)8-11-6-5-10(2)16-11;/h5-6,9H,4,7-8,13H2,1-3H3;1H. The van der Waals surface area contributed by atoms with Gasteiger partial charge in [-0.2, -0.15) is 0 Å². The van der Waals surface area contributed by atoms with E-state index >= 15 is 0 Å². The van der Waals surface area contributed by atoms with E-state index in [1.807, 2.05) is 26.0 Å². The largest absolute Gasteiger partial charge is 0.464 e. The van der Waals surface area contributed by atoms with Crippen LogP contribution in [0.2, 0.25) is 0 Å². The van der Waals surface area contributed by atoms with E-state index in [0.29, 0.717) is 13.0 Å². The van der Waals surface area contributed by atoms with Crippen LogP contribution in [0.1, 0.15) is 31.3 Å². The number of nitrogens with two attached hydrogens (primary N) is 1. The van der Waals surface area contributed by atoms with Gasteiger partial charge < -0.3 is 15.1 Å². The summed E-state index contributed by atoms with van der Waals surface area (Å²) in [5, 5.41) is 0. The van der Waals surface area contributed by atoms with Gasteiger partial charge in [0.1, 0.15) is 11.5 Å². The Kier molecular flexibility index (Phi) is 6.92. The lowest BCUT2D eigenvalue weighted by Gasteiger charge is -2.16. The summed E-state index contributed by atoms with van der Waals surface area (Å²) >= 11 is 0. The first kappa shape index (κ1) is 16.0. The number of rotatable bonds is 5. The van der Waals surface area contributed by atoms with Crippen LogP contribution in [0.4, 0.5) is 0 Å². The number of nitrogens with zero attached hydrogens (tertiary/aromatic N) is 1. The van der Waals surface area contributed by atoms with Crippen molar-refractivity contribution in [3.05, 3.63) is 23.7 Å². The molecule has 0 aliphatic carbocycles. The van der Waals surface area contributed by atoms with E-state index in [1.165, 1.54) is 0 Å². The maximum absolute atomic E-state index is 11.7. The SMILES string of the molecule is Cc1ccc(CN(C)C(=O)CCC(C)N)o1.Cl. The fraction of sp³-hybridized carbons (Fsp3) is 0.583. The fourth-order valence-electron chi connectivity index (χ4n) is 1.43. The molecule has 1 unspecified atom stereocenters. The molecule has 0 aromatic carbocycles. The molecule has 5 heteroatoms. The molecule has 1 heterocycles. The summed E-state index contributed by atoms with van der Waals surface area (Å²) in [5.74, 6) is 1.78. The van der Waals surface area contributed by atoms with E-state index in [0.717, 1.165) is 17.9 Å². The predicted molar refractivity (Wildman–Crippen MR) is 70.1 cm³/mol. The molecule has 4 nitrogen and oxygen atoms in total. The second-order valence-electron chi connectivity index (χ2n) is 4.28. The van der Waals surface area contributed by atoms with Crippen LogP contribution < -0.4 is 5.73 Å². The zero-order chi connectivity index (χ0) is 12.1. The smallest absolute Gasteiger partial charge is 0.222 e. The monoisotopic (exact) mass is 260 g/mol. The molecule has 98 valence electrons. The van der Waals surface area contributed by atoms with E-state index in [9.17, 15) is 4.79 Å². The lowest BCUT2D eigenvalue weighted by Crippen LogP contribution is -2.27. The molecule has 0 bridgehead atoms. The normalized spacial score (nSPS) is 11.8. The third kappa shape index (κ3) is 5.75. The van der Waals surface area contributed by atoms with Gasteiger partial charge in [0.05, 0.1) is 6.54 Å². The zero-order valence-corrected chi connectivity index (χ0v) is 11.4. The van der Waals surface area contributed by atoms with E-state index < -0.39 is 0 Å². The van der Waals surface area contributed by atoms with Crippen LogP contribution in [-0.4, -0.2) is 23.9 Å². The number of hydrogen-bond acceptors (Lipinski definition) is 3. The number of carbonyl (C=O) groups excluding carboxylic acids is 1. The highest BCUT2D eigenvalue weighted by Crippen LogP contribution is 2.09. The molecule has 17 heavy (non-hydrogen) atoms. The minimum Gasteiger partial charge on any atom is -0.464 e. The molecule has 0 fully saturated rings. The van der Waals surface area contributed by atoms with Gasteiger partial charge in [-0.05, 0) is 32.4 Å². The number of halogens is 1. The Morgan fingerprint density at radius 1 is 1.53 bits per heavy atom. The second kappa shape index (κ2) is 7.35. The average molecular weight is 261 g/mol. The molecule has 2 N–H and O–H groups in total. The lowest BCUT2D eigenvalue weighted by molar-refractivity contribution is -0.130. The van der Waals surface area contributed by atoms with Gasteiger partial charge in [-0.25, -0.2) is 0 Å². The van der Waals surface area contributed by atoms with Gasteiger partial charge in [0.2, 0.25) is 5.91 Å².